The highest BCUT2D eigenvalue weighted by molar-refractivity contribution is 7.47. The topological polar surface area (TPSA) is 237 Å². The van der Waals surface area contributed by atoms with Crippen molar-refractivity contribution >= 4 is 39.5 Å². The standard InChI is InChI=1S/C76H148O17P2/c1-9-68(7)54-46-38-30-26-27-33-43-51-59-76(81)93-72(63-87-74(79)57-49-41-35-34-39-47-55-69(8)10-2)65-91-95(84,85)89-61-70(77)60-88-94(82,83)90-64-71(62-86-73(78)56-48-40-31-24-21-17-19-23-29-37-45-53-67(5)6)92-75(80)58-50-42-32-25-20-16-14-12-11-13-15-18-22-28-36-44-52-66(3)4/h66-72,77H,9-65H2,1-8H3,(H,82,83)(H,84,85)/t68?,69?,70-,71-,72-/m1/s1. The van der Waals surface area contributed by atoms with Crippen molar-refractivity contribution in [2.45, 2.75) is 401 Å². The number of phosphoric acid groups is 2. The average molecular weight is 1400 g/mol. The van der Waals surface area contributed by atoms with E-state index in [2.05, 4.69) is 55.4 Å². The van der Waals surface area contributed by atoms with Gasteiger partial charge in [-0.25, -0.2) is 9.13 Å². The summed E-state index contributed by atoms with van der Waals surface area (Å²) in [5.74, 6) is 0.958. The molecule has 0 spiro atoms. The van der Waals surface area contributed by atoms with Gasteiger partial charge in [0.05, 0.1) is 26.4 Å². The van der Waals surface area contributed by atoms with Gasteiger partial charge in [-0.1, -0.05) is 331 Å². The van der Waals surface area contributed by atoms with E-state index in [0.717, 1.165) is 120 Å². The first-order valence-electron chi connectivity index (χ1n) is 39.3. The Morgan fingerprint density at radius 2 is 0.505 bits per heavy atom. The first kappa shape index (κ1) is 93.1. The van der Waals surface area contributed by atoms with Crippen LogP contribution in [-0.4, -0.2) is 96.7 Å². The van der Waals surface area contributed by atoms with E-state index in [1.54, 1.807) is 0 Å². The fourth-order valence-corrected chi connectivity index (χ4v) is 13.1. The summed E-state index contributed by atoms with van der Waals surface area (Å²) in [7, 11) is -9.91. The Labute approximate surface area is 581 Å². The van der Waals surface area contributed by atoms with Crippen LogP contribution in [-0.2, 0) is 65.4 Å². The number of ether oxygens (including phenoxy) is 4. The number of phosphoric ester groups is 2. The molecule has 0 amide bonds. The number of hydrogen-bond acceptors (Lipinski definition) is 15. The quantitative estimate of drug-likeness (QED) is 0.0222. The normalized spacial score (nSPS) is 14.7. The maximum absolute atomic E-state index is 13.1. The van der Waals surface area contributed by atoms with E-state index in [9.17, 15) is 43.2 Å². The molecule has 0 aliphatic rings. The lowest BCUT2D eigenvalue weighted by atomic mass is 9.99. The highest BCUT2D eigenvalue weighted by Crippen LogP contribution is 2.45. The number of esters is 4. The Morgan fingerprint density at radius 3 is 0.747 bits per heavy atom. The number of unbranched alkanes of at least 4 members (excludes halogenated alkanes) is 37. The minimum atomic E-state index is -4.96. The zero-order valence-electron chi connectivity index (χ0n) is 62.3. The first-order valence-corrected chi connectivity index (χ1v) is 42.3. The molecule has 0 radical (unpaired) electrons. The lowest BCUT2D eigenvalue weighted by Gasteiger charge is -2.21. The van der Waals surface area contributed by atoms with Crippen LogP contribution in [0.25, 0.3) is 0 Å². The Bertz CT molecular complexity index is 1870. The van der Waals surface area contributed by atoms with Crippen molar-refractivity contribution in [3.63, 3.8) is 0 Å². The average Bonchev–Trinajstić information content (AvgIpc) is 2.26. The summed E-state index contributed by atoms with van der Waals surface area (Å²) in [5.41, 5.74) is 0. The van der Waals surface area contributed by atoms with Gasteiger partial charge in [0.25, 0.3) is 0 Å². The second-order valence-corrected chi connectivity index (χ2v) is 31.7. The van der Waals surface area contributed by atoms with Gasteiger partial charge in [-0.15, -0.1) is 0 Å². The predicted molar refractivity (Wildman–Crippen MR) is 386 cm³/mol. The molecule has 0 heterocycles. The molecule has 0 fully saturated rings. The van der Waals surface area contributed by atoms with Crippen LogP contribution in [0.5, 0.6) is 0 Å². The Balaban J connectivity index is 5.25. The molecular weight excluding hydrogens is 1250 g/mol. The maximum Gasteiger partial charge on any atom is 0.472 e. The molecule has 0 rings (SSSR count). The molecule has 0 aromatic rings. The van der Waals surface area contributed by atoms with Crippen molar-refractivity contribution < 1.29 is 80.2 Å². The minimum Gasteiger partial charge on any atom is -0.462 e. The molecule has 0 saturated heterocycles. The third-order valence-electron chi connectivity index (χ3n) is 18.3. The van der Waals surface area contributed by atoms with E-state index in [1.165, 1.54) is 180 Å². The summed E-state index contributed by atoms with van der Waals surface area (Å²) in [6, 6.07) is 0. The number of carbonyl (C=O) groups is 4. The van der Waals surface area contributed by atoms with Crippen LogP contribution in [0.2, 0.25) is 0 Å². The maximum atomic E-state index is 13.1. The lowest BCUT2D eigenvalue weighted by Crippen LogP contribution is -2.30. The summed E-state index contributed by atoms with van der Waals surface area (Å²) in [6.45, 7) is 14.2. The molecule has 0 aliphatic carbocycles. The largest absolute Gasteiger partial charge is 0.472 e. The van der Waals surface area contributed by atoms with Crippen LogP contribution < -0.4 is 0 Å². The second-order valence-electron chi connectivity index (χ2n) is 28.8. The van der Waals surface area contributed by atoms with Gasteiger partial charge in [-0.3, -0.25) is 37.3 Å². The van der Waals surface area contributed by atoms with Gasteiger partial charge in [-0.2, -0.15) is 0 Å². The molecule has 0 aliphatic heterocycles. The van der Waals surface area contributed by atoms with E-state index >= 15 is 0 Å². The van der Waals surface area contributed by atoms with Crippen molar-refractivity contribution in [2.24, 2.45) is 23.7 Å². The van der Waals surface area contributed by atoms with Crippen LogP contribution in [0.4, 0.5) is 0 Å². The number of hydrogen-bond donors (Lipinski definition) is 3. The third kappa shape index (κ3) is 67.6. The molecule has 0 aromatic carbocycles. The summed E-state index contributed by atoms with van der Waals surface area (Å²) in [5, 5.41) is 10.6. The molecular formula is C76H148O17P2. The van der Waals surface area contributed by atoms with Crippen LogP contribution in [0.3, 0.4) is 0 Å². The highest BCUT2D eigenvalue weighted by Gasteiger charge is 2.30. The van der Waals surface area contributed by atoms with Crippen LogP contribution in [0, 0.1) is 23.7 Å². The number of aliphatic hydroxyl groups excluding tert-OH is 1. The molecule has 17 nitrogen and oxygen atoms in total. The van der Waals surface area contributed by atoms with Gasteiger partial charge >= 0.3 is 39.5 Å². The van der Waals surface area contributed by atoms with E-state index in [0.29, 0.717) is 25.7 Å². The van der Waals surface area contributed by atoms with Crippen molar-refractivity contribution in [3.8, 4) is 0 Å². The molecule has 3 N–H and O–H groups in total. The molecule has 95 heavy (non-hydrogen) atoms. The van der Waals surface area contributed by atoms with Gasteiger partial charge in [0.15, 0.2) is 12.2 Å². The van der Waals surface area contributed by atoms with Gasteiger partial charge in [0.2, 0.25) is 0 Å². The predicted octanol–water partition coefficient (Wildman–Crippen LogP) is 22.0. The first-order chi connectivity index (χ1) is 45.7. The smallest absolute Gasteiger partial charge is 0.462 e. The lowest BCUT2D eigenvalue weighted by molar-refractivity contribution is -0.161. The fourth-order valence-electron chi connectivity index (χ4n) is 11.5. The third-order valence-corrected chi connectivity index (χ3v) is 20.2. The zero-order chi connectivity index (χ0) is 70.3. The SMILES string of the molecule is CCC(C)CCCCCCCCCCC(=O)O[C@H](COC(=O)CCCCCCCCC(C)CC)COP(=O)(O)OC[C@H](O)COP(=O)(O)OC[C@@H](COC(=O)CCCCCCCCCCCCCC(C)C)OC(=O)CCCCCCCCCCCCCCCCCCC(C)C. The number of aliphatic hydroxyl groups is 1. The van der Waals surface area contributed by atoms with Crippen molar-refractivity contribution in [1.82, 2.24) is 0 Å². The summed E-state index contributed by atoms with van der Waals surface area (Å²) in [4.78, 5) is 72.8. The molecule has 0 bridgehead atoms. The van der Waals surface area contributed by atoms with Gasteiger partial charge in [-0.05, 0) is 49.4 Å². The monoisotopic (exact) mass is 1400 g/mol. The van der Waals surface area contributed by atoms with Crippen LogP contribution >= 0.6 is 15.6 Å². The van der Waals surface area contributed by atoms with Crippen LogP contribution in [0.15, 0.2) is 0 Å². The molecule has 4 unspecified atom stereocenters. The number of carbonyl (C=O) groups excluding carboxylic acids is 4. The zero-order valence-corrected chi connectivity index (χ0v) is 64.1. The molecule has 564 valence electrons. The molecule has 0 aromatic heterocycles. The van der Waals surface area contributed by atoms with E-state index in [-0.39, 0.29) is 25.7 Å². The highest BCUT2D eigenvalue weighted by atomic mass is 31.2. The Kier molecular flexibility index (Phi) is 64.0. The second kappa shape index (κ2) is 65.4. The van der Waals surface area contributed by atoms with Gasteiger partial charge < -0.3 is 33.8 Å². The van der Waals surface area contributed by atoms with Gasteiger partial charge in [0, 0.05) is 25.7 Å². The molecule has 0 saturated carbocycles. The minimum absolute atomic E-state index is 0.104. The van der Waals surface area contributed by atoms with E-state index in [1.807, 2.05) is 0 Å². The van der Waals surface area contributed by atoms with Crippen molar-refractivity contribution in [1.29, 1.82) is 0 Å². The van der Waals surface area contributed by atoms with E-state index < -0.39 is 97.5 Å². The van der Waals surface area contributed by atoms with Crippen LogP contribution in [0.1, 0.15) is 383 Å². The van der Waals surface area contributed by atoms with E-state index in [4.69, 9.17) is 37.0 Å². The number of rotatable bonds is 73. The summed E-state index contributed by atoms with van der Waals surface area (Å²) in [6.07, 6.45) is 49.9. The Morgan fingerprint density at radius 1 is 0.295 bits per heavy atom. The summed E-state index contributed by atoms with van der Waals surface area (Å²) >= 11 is 0. The summed E-state index contributed by atoms with van der Waals surface area (Å²) < 4.78 is 68.5. The van der Waals surface area contributed by atoms with Gasteiger partial charge in [0.1, 0.15) is 19.3 Å². The molecule has 19 heteroatoms. The Hall–Kier alpha value is -1.94. The molecule has 7 atom stereocenters. The van der Waals surface area contributed by atoms with Crippen molar-refractivity contribution in [2.75, 3.05) is 39.6 Å². The van der Waals surface area contributed by atoms with Crippen molar-refractivity contribution in [3.05, 3.63) is 0 Å². The fraction of sp³-hybridized carbons (Fsp3) is 0.947.